The lowest BCUT2D eigenvalue weighted by molar-refractivity contribution is -0.131. The van der Waals surface area contributed by atoms with Gasteiger partial charge in [-0.2, -0.15) is 0 Å². The van der Waals surface area contributed by atoms with Crippen LogP contribution >= 0.6 is 11.6 Å². The molecule has 0 aromatic heterocycles. The summed E-state index contributed by atoms with van der Waals surface area (Å²) >= 11 is 6.25. The minimum Gasteiger partial charge on any atom is -0.478 e. The number of para-hydroxylation sites is 1. The average molecular weight is 282 g/mol. The third kappa shape index (κ3) is 4.95. The molecule has 0 fully saturated rings. The fourth-order valence-electron chi connectivity index (χ4n) is 2.02. The van der Waals surface area contributed by atoms with Gasteiger partial charge in [-0.3, -0.25) is 0 Å². The summed E-state index contributed by atoms with van der Waals surface area (Å²) in [5, 5.41) is 9.35. The Labute approximate surface area is 119 Å². The third-order valence-corrected chi connectivity index (χ3v) is 2.82. The number of carboxylic acids is 1. The van der Waals surface area contributed by atoms with Gasteiger partial charge in [0.05, 0.1) is 10.7 Å². The van der Waals surface area contributed by atoms with E-state index in [2.05, 4.69) is 25.7 Å². The Kier molecular flexibility index (Phi) is 5.01. The first kappa shape index (κ1) is 15.6. The molecule has 0 spiro atoms. The van der Waals surface area contributed by atoms with Crippen LogP contribution in [0, 0.1) is 5.41 Å². The van der Waals surface area contributed by atoms with E-state index in [0.29, 0.717) is 5.02 Å². The van der Waals surface area contributed by atoms with Gasteiger partial charge in [0.25, 0.3) is 0 Å². The van der Waals surface area contributed by atoms with E-state index in [1.54, 1.807) is 6.08 Å². The minimum atomic E-state index is -0.968. The van der Waals surface area contributed by atoms with Crippen LogP contribution in [0.4, 0.5) is 5.69 Å². The Hall–Kier alpha value is -1.48. The van der Waals surface area contributed by atoms with Gasteiger partial charge in [0.15, 0.2) is 0 Å². The SMILES string of the molecule is CN(CC(C)(C)C)c1c(Cl)cccc1/C=C/C(=O)O. The minimum absolute atomic E-state index is 0.127. The summed E-state index contributed by atoms with van der Waals surface area (Å²) in [7, 11) is 1.96. The van der Waals surface area contributed by atoms with Crippen molar-refractivity contribution in [2.75, 3.05) is 18.5 Å². The molecule has 1 aromatic rings. The van der Waals surface area contributed by atoms with Crippen LogP contribution in [0.1, 0.15) is 26.3 Å². The van der Waals surface area contributed by atoms with E-state index < -0.39 is 5.97 Å². The molecular weight excluding hydrogens is 262 g/mol. The molecular formula is C15H20ClNO2. The third-order valence-electron chi connectivity index (χ3n) is 2.52. The van der Waals surface area contributed by atoms with E-state index in [1.807, 2.05) is 25.2 Å². The van der Waals surface area contributed by atoms with E-state index in [1.165, 1.54) is 0 Å². The summed E-state index contributed by atoms with van der Waals surface area (Å²) in [5.41, 5.74) is 1.79. The lowest BCUT2D eigenvalue weighted by atomic mass is 9.95. The zero-order valence-electron chi connectivity index (χ0n) is 11.8. The molecule has 19 heavy (non-hydrogen) atoms. The van der Waals surface area contributed by atoms with Crippen LogP contribution in [-0.4, -0.2) is 24.7 Å². The Morgan fingerprint density at radius 1 is 1.42 bits per heavy atom. The van der Waals surface area contributed by atoms with Crippen LogP contribution in [0.3, 0.4) is 0 Å². The van der Waals surface area contributed by atoms with Crippen LogP contribution in [0.25, 0.3) is 6.08 Å². The van der Waals surface area contributed by atoms with E-state index in [0.717, 1.165) is 23.9 Å². The van der Waals surface area contributed by atoms with Crippen molar-refractivity contribution >= 4 is 29.3 Å². The van der Waals surface area contributed by atoms with Crippen LogP contribution in [0.5, 0.6) is 0 Å². The summed E-state index contributed by atoms with van der Waals surface area (Å²) < 4.78 is 0. The number of aliphatic carboxylic acids is 1. The zero-order valence-corrected chi connectivity index (χ0v) is 12.5. The average Bonchev–Trinajstić information content (AvgIpc) is 2.23. The summed E-state index contributed by atoms with van der Waals surface area (Å²) in [6.45, 7) is 7.26. The molecule has 0 atom stereocenters. The maximum absolute atomic E-state index is 10.6. The quantitative estimate of drug-likeness (QED) is 0.851. The van der Waals surface area contributed by atoms with Crippen molar-refractivity contribution in [1.29, 1.82) is 0 Å². The molecule has 4 heteroatoms. The second-order valence-electron chi connectivity index (χ2n) is 5.77. The molecule has 0 amide bonds. The van der Waals surface area contributed by atoms with Crippen molar-refractivity contribution in [2.24, 2.45) is 5.41 Å². The fraction of sp³-hybridized carbons (Fsp3) is 0.400. The second kappa shape index (κ2) is 6.11. The van der Waals surface area contributed by atoms with Gasteiger partial charge in [0.1, 0.15) is 0 Å². The lowest BCUT2D eigenvalue weighted by Crippen LogP contribution is -2.29. The lowest BCUT2D eigenvalue weighted by Gasteiger charge is -2.30. The molecule has 0 aliphatic carbocycles. The molecule has 0 aliphatic rings. The summed E-state index contributed by atoms with van der Waals surface area (Å²) in [6, 6.07) is 5.49. The van der Waals surface area contributed by atoms with E-state index in [-0.39, 0.29) is 5.41 Å². The van der Waals surface area contributed by atoms with Crippen molar-refractivity contribution in [3.05, 3.63) is 34.9 Å². The Morgan fingerprint density at radius 2 is 2.05 bits per heavy atom. The van der Waals surface area contributed by atoms with Crippen molar-refractivity contribution in [3.8, 4) is 0 Å². The van der Waals surface area contributed by atoms with Gasteiger partial charge in [-0.05, 0) is 23.1 Å². The topological polar surface area (TPSA) is 40.5 Å². The number of halogens is 1. The molecule has 0 aliphatic heterocycles. The molecule has 0 bridgehead atoms. The predicted octanol–water partition coefficient (Wildman–Crippen LogP) is 3.92. The van der Waals surface area contributed by atoms with E-state index in [4.69, 9.17) is 16.7 Å². The largest absolute Gasteiger partial charge is 0.478 e. The standard InChI is InChI=1S/C15H20ClNO2/c1-15(2,3)10-17(4)14-11(8-9-13(18)19)6-5-7-12(14)16/h5-9H,10H2,1-4H3,(H,18,19)/b9-8+. The smallest absolute Gasteiger partial charge is 0.328 e. The molecule has 1 rings (SSSR count). The van der Waals surface area contributed by atoms with Crippen molar-refractivity contribution in [2.45, 2.75) is 20.8 Å². The molecule has 1 N–H and O–H groups in total. The molecule has 3 nitrogen and oxygen atoms in total. The normalized spacial score (nSPS) is 11.8. The number of hydrogen-bond acceptors (Lipinski definition) is 2. The van der Waals surface area contributed by atoms with Crippen molar-refractivity contribution < 1.29 is 9.90 Å². The molecule has 0 unspecified atom stereocenters. The predicted molar refractivity (Wildman–Crippen MR) is 80.8 cm³/mol. The van der Waals surface area contributed by atoms with Gasteiger partial charge < -0.3 is 10.0 Å². The maximum Gasteiger partial charge on any atom is 0.328 e. The Balaban J connectivity index is 3.14. The Morgan fingerprint density at radius 3 is 2.58 bits per heavy atom. The van der Waals surface area contributed by atoms with Crippen LogP contribution in [0.2, 0.25) is 5.02 Å². The highest BCUT2D eigenvalue weighted by Crippen LogP contribution is 2.32. The Bertz CT molecular complexity index is 489. The zero-order chi connectivity index (χ0) is 14.6. The number of hydrogen-bond donors (Lipinski definition) is 1. The van der Waals surface area contributed by atoms with E-state index in [9.17, 15) is 4.79 Å². The number of rotatable bonds is 4. The first-order valence-electron chi connectivity index (χ1n) is 6.11. The number of benzene rings is 1. The van der Waals surface area contributed by atoms with Gasteiger partial charge in [-0.1, -0.05) is 44.5 Å². The molecule has 0 radical (unpaired) electrons. The highest BCUT2D eigenvalue weighted by Gasteiger charge is 2.17. The van der Waals surface area contributed by atoms with Crippen LogP contribution in [0.15, 0.2) is 24.3 Å². The van der Waals surface area contributed by atoms with Crippen molar-refractivity contribution in [1.82, 2.24) is 0 Å². The highest BCUT2D eigenvalue weighted by atomic mass is 35.5. The monoisotopic (exact) mass is 281 g/mol. The van der Waals surface area contributed by atoms with Crippen LogP contribution in [-0.2, 0) is 4.79 Å². The summed E-state index contributed by atoms with van der Waals surface area (Å²) in [6.07, 6.45) is 2.70. The number of nitrogens with zero attached hydrogens (tertiary/aromatic N) is 1. The first-order chi connectivity index (χ1) is 8.70. The summed E-state index contributed by atoms with van der Waals surface area (Å²) in [4.78, 5) is 12.7. The maximum atomic E-state index is 10.6. The van der Waals surface area contributed by atoms with Gasteiger partial charge in [-0.15, -0.1) is 0 Å². The molecule has 1 aromatic carbocycles. The highest BCUT2D eigenvalue weighted by molar-refractivity contribution is 6.33. The van der Waals surface area contributed by atoms with Crippen molar-refractivity contribution in [3.63, 3.8) is 0 Å². The number of anilines is 1. The molecule has 0 heterocycles. The van der Waals surface area contributed by atoms with Gasteiger partial charge in [0.2, 0.25) is 0 Å². The summed E-state index contributed by atoms with van der Waals surface area (Å²) in [5.74, 6) is -0.968. The van der Waals surface area contributed by atoms with Gasteiger partial charge in [0, 0.05) is 19.7 Å². The van der Waals surface area contributed by atoms with Gasteiger partial charge >= 0.3 is 5.97 Å². The van der Waals surface area contributed by atoms with Crippen LogP contribution < -0.4 is 4.90 Å². The second-order valence-corrected chi connectivity index (χ2v) is 6.17. The van der Waals surface area contributed by atoms with E-state index >= 15 is 0 Å². The molecule has 104 valence electrons. The molecule has 0 saturated heterocycles. The number of carbonyl (C=O) groups is 1. The molecule has 0 saturated carbocycles. The fourth-order valence-corrected chi connectivity index (χ4v) is 2.35. The first-order valence-corrected chi connectivity index (χ1v) is 6.49. The van der Waals surface area contributed by atoms with Gasteiger partial charge in [-0.25, -0.2) is 4.79 Å². The number of carboxylic acid groups (broad SMARTS) is 1.